The van der Waals surface area contributed by atoms with Gasteiger partial charge in [-0.25, -0.2) is 0 Å². The minimum atomic E-state index is 0.190. The molecule has 0 spiro atoms. The van der Waals surface area contributed by atoms with Crippen LogP contribution in [0.3, 0.4) is 0 Å². The van der Waals surface area contributed by atoms with E-state index in [1.165, 1.54) is 18.4 Å². The Morgan fingerprint density at radius 2 is 2.12 bits per heavy atom. The molecule has 3 rings (SSSR count). The Morgan fingerprint density at radius 1 is 1.35 bits per heavy atom. The number of hydrogen-bond acceptors (Lipinski definition) is 3. The smallest absolute Gasteiger partial charge is 0.231 e. The van der Waals surface area contributed by atoms with Crippen molar-refractivity contribution in [3.05, 3.63) is 23.8 Å². The number of benzene rings is 1. The third kappa shape index (κ3) is 2.14. The van der Waals surface area contributed by atoms with Gasteiger partial charge in [-0.15, -0.1) is 0 Å². The molecule has 0 saturated heterocycles. The number of hydrogen-bond donors (Lipinski definition) is 0. The normalized spacial score (nSPS) is 19.1. The Kier molecular flexibility index (Phi) is 2.54. The number of ether oxygens (including phenoxy) is 2. The molecule has 0 aromatic heterocycles. The molecule has 90 valence electrons. The van der Waals surface area contributed by atoms with Crippen molar-refractivity contribution in [3.8, 4) is 11.5 Å². The molecule has 1 saturated carbocycles. The Labute approximate surface area is 101 Å². The molecule has 17 heavy (non-hydrogen) atoms. The number of fused-ring (bicyclic) bond motifs is 1. The van der Waals surface area contributed by atoms with E-state index >= 15 is 0 Å². The number of rotatable bonds is 4. The second-order valence-corrected chi connectivity index (χ2v) is 4.95. The van der Waals surface area contributed by atoms with Crippen molar-refractivity contribution >= 4 is 5.78 Å². The number of carbonyl (C=O) groups is 1. The van der Waals surface area contributed by atoms with E-state index in [9.17, 15) is 4.79 Å². The SMILES string of the molecule is CC(=O)C(Cc1ccc2c(c1)OCO2)C1CC1. The molecule has 1 aromatic carbocycles. The first-order valence-electron chi connectivity index (χ1n) is 6.13. The van der Waals surface area contributed by atoms with Crippen LogP contribution in [-0.4, -0.2) is 12.6 Å². The van der Waals surface area contributed by atoms with Gasteiger partial charge in [-0.1, -0.05) is 6.07 Å². The van der Waals surface area contributed by atoms with E-state index in [1.807, 2.05) is 18.2 Å². The van der Waals surface area contributed by atoms with Crippen LogP contribution in [0.5, 0.6) is 11.5 Å². The van der Waals surface area contributed by atoms with E-state index < -0.39 is 0 Å². The molecule has 3 nitrogen and oxygen atoms in total. The molecule has 1 unspecified atom stereocenters. The van der Waals surface area contributed by atoms with Crippen molar-refractivity contribution in [3.63, 3.8) is 0 Å². The summed E-state index contributed by atoms with van der Waals surface area (Å²) in [5.41, 5.74) is 1.17. The summed E-state index contributed by atoms with van der Waals surface area (Å²) in [5, 5.41) is 0. The van der Waals surface area contributed by atoms with Crippen LogP contribution in [-0.2, 0) is 11.2 Å². The molecule has 1 aromatic rings. The monoisotopic (exact) mass is 232 g/mol. The predicted octanol–water partition coefficient (Wildman–Crippen LogP) is 2.57. The summed E-state index contributed by atoms with van der Waals surface area (Å²) in [5.74, 6) is 2.72. The average molecular weight is 232 g/mol. The van der Waals surface area contributed by atoms with Crippen molar-refractivity contribution < 1.29 is 14.3 Å². The van der Waals surface area contributed by atoms with Gasteiger partial charge in [-0.05, 0) is 49.8 Å². The van der Waals surface area contributed by atoms with Crippen LogP contribution in [0.4, 0.5) is 0 Å². The van der Waals surface area contributed by atoms with Gasteiger partial charge in [-0.3, -0.25) is 4.79 Å². The topological polar surface area (TPSA) is 35.5 Å². The number of carbonyl (C=O) groups excluding carboxylic acids is 1. The lowest BCUT2D eigenvalue weighted by Gasteiger charge is -2.12. The Bertz CT molecular complexity index is 449. The van der Waals surface area contributed by atoms with Gasteiger partial charge in [0.2, 0.25) is 6.79 Å². The van der Waals surface area contributed by atoms with Gasteiger partial charge >= 0.3 is 0 Å². The van der Waals surface area contributed by atoms with Crippen molar-refractivity contribution in [2.24, 2.45) is 11.8 Å². The zero-order valence-electron chi connectivity index (χ0n) is 9.94. The highest BCUT2D eigenvalue weighted by atomic mass is 16.7. The zero-order valence-corrected chi connectivity index (χ0v) is 9.94. The van der Waals surface area contributed by atoms with E-state index in [0.29, 0.717) is 18.5 Å². The maximum Gasteiger partial charge on any atom is 0.231 e. The first-order chi connectivity index (χ1) is 8.24. The molecule has 2 aliphatic rings. The second-order valence-electron chi connectivity index (χ2n) is 4.95. The Hall–Kier alpha value is -1.51. The van der Waals surface area contributed by atoms with Gasteiger partial charge in [0, 0.05) is 5.92 Å². The molecule has 1 fully saturated rings. The molecule has 1 atom stereocenters. The van der Waals surface area contributed by atoms with Crippen molar-refractivity contribution in [2.45, 2.75) is 26.2 Å². The maximum absolute atomic E-state index is 11.6. The van der Waals surface area contributed by atoms with E-state index in [0.717, 1.165) is 17.9 Å². The minimum absolute atomic E-state index is 0.190. The summed E-state index contributed by atoms with van der Waals surface area (Å²) in [7, 11) is 0. The molecule has 3 heteroatoms. The summed E-state index contributed by atoms with van der Waals surface area (Å²) in [6.45, 7) is 2.01. The van der Waals surface area contributed by atoms with Crippen LogP contribution in [0.25, 0.3) is 0 Å². The molecule has 1 aliphatic carbocycles. The summed E-state index contributed by atoms with van der Waals surface area (Å²) in [4.78, 5) is 11.6. The van der Waals surface area contributed by atoms with Gasteiger partial charge in [0.25, 0.3) is 0 Å². The van der Waals surface area contributed by atoms with Crippen LogP contribution in [0.1, 0.15) is 25.3 Å². The average Bonchev–Trinajstić information content (AvgIpc) is 3.03. The van der Waals surface area contributed by atoms with Crippen LogP contribution in [0, 0.1) is 11.8 Å². The molecular formula is C14H16O3. The summed E-state index contributed by atoms with van der Waals surface area (Å²) < 4.78 is 10.6. The minimum Gasteiger partial charge on any atom is -0.454 e. The Morgan fingerprint density at radius 3 is 2.82 bits per heavy atom. The van der Waals surface area contributed by atoms with E-state index in [1.54, 1.807) is 6.92 Å². The maximum atomic E-state index is 11.6. The van der Waals surface area contributed by atoms with Crippen molar-refractivity contribution in [1.29, 1.82) is 0 Å². The van der Waals surface area contributed by atoms with Crippen LogP contribution < -0.4 is 9.47 Å². The molecule has 0 radical (unpaired) electrons. The molecular weight excluding hydrogens is 216 g/mol. The first-order valence-corrected chi connectivity index (χ1v) is 6.13. The van der Waals surface area contributed by atoms with Crippen molar-refractivity contribution in [2.75, 3.05) is 6.79 Å². The highest BCUT2D eigenvalue weighted by Crippen LogP contribution is 2.40. The number of ketones is 1. The summed E-state index contributed by atoms with van der Waals surface area (Å²) in [6.07, 6.45) is 3.24. The largest absolute Gasteiger partial charge is 0.454 e. The van der Waals surface area contributed by atoms with Gasteiger partial charge < -0.3 is 9.47 Å². The predicted molar refractivity (Wildman–Crippen MR) is 63.2 cm³/mol. The Balaban J connectivity index is 1.77. The molecule has 1 heterocycles. The highest BCUT2D eigenvalue weighted by Gasteiger charge is 2.34. The summed E-state index contributed by atoms with van der Waals surface area (Å²) >= 11 is 0. The lowest BCUT2D eigenvalue weighted by Crippen LogP contribution is -2.16. The molecule has 0 amide bonds. The van der Waals surface area contributed by atoms with Gasteiger partial charge in [-0.2, -0.15) is 0 Å². The van der Waals surface area contributed by atoms with E-state index in [2.05, 4.69) is 0 Å². The van der Waals surface area contributed by atoms with Crippen LogP contribution in [0.15, 0.2) is 18.2 Å². The molecule has 0 bridgehead atoms. The van der Waals surface area contributed by atoms with E-state index in [-0.39, 0.29) is 5.92 Å². The fourth-order valence-corrected chi connectivity index (χ4v) is 2.46. The zero-order chi connectivity index (χ0) is 11.8. The lowest BCUT2D eigenvalue weighted by molar-refractivity contribution is -0.121. The second kappa shape index (κ2) is 4.06. The summed E-state index contributed by atoms with van der Waals surface area (Å²) in [6, 6.07) is 5.97. The standard InChI is InChI=1S/C14H16O3/c1-9(15)12(11-3-4-11)6-10-2-5-13-14(7-10)17-8-16-13/h2,5,7,11-12H,3-4,6,8H2,1H3. The quantitative estimate of drug-likeness (QED) is 0.800. The fourth-order valence-electron chi connectivity index (χ4n) is 2.46. The molecule has 0 N–H and O–H groups in total. The highest BCUT2D eigenvalue weighted by molar-refractivity contribution is 5.79. The first kappa shape index (κ1) is 10.6. The third-order valence-electron chi connectivity index (χ3n) is 3.61. The lowest BCUT2D eigenvalue weighted by atomic mass is 9.91. The molecule has 1 aliphatic heterocycles. The third-order valence-corrected chi connectivity index (χ3v) is 3.61. The van der Waals surface area contributed by atoms with Gasteiger partial charge in [0.1, 0.15) is 5.78 Å². The van der Waals surface area contributed by atoms with Gasteiger partial charge in [0.15, 0.2) is 11.5 Å². The van der Waals surface area contributed by atoms with E-state index in [4.69, 9.17) is 9.47 Å². The van der Waals surface area contributed by atoms with Crippen LogP contribution >= 0.6 is 0 Å². The van der Waals surface area contributed by atoms with Crippen LogP contribution in [0.2, 0.25) is 0 Å². The van der Waals surface area contributed by atoms with Crippen molar-refractivity contribution in [1.82, 2.24) is 0 Å². The van der Waals surface area contributed by atoms with Gasteiger partial charge in [0.05, 0.1) is 0 Å². The fraction of sp³-hybridized carbons (Fsp3) is 0.500. The number of Topliss-reactive ketones (excluding diaryl/α,β-unsaturated/α-hetero) is 1.